The van der Waals surface area contributed by atoms with Crippen LogP contribution in [0.3, 0.4) is 0 Å². The highest BCUT2D eigenvalue weighted by atomic mass is 35.5. The molecule has 2 atom stereocenters. The van der Waals surface area contributed by atoms with Crippen LogP contribution in [0.5, 0.6) is 0 Å². The van der Waals surface area contributed by atoms with Crippen LogP contribution in [0.2, 0.25) is 0 Å². The maximum Gasteiger partial charge on any atom is 0.426 e. The number of hydrogen-bond acceptors (Lipinski definition) is 0. The monoisotopic (exact) mass is 294 g/mol. The molecule has 0 N–H and O–H groups in total. The first-order chi connectivity index (χ1) is 6.46. The largest absolute Gasteiger partial charge is 0.426 e. The van der Waals surface area contributed by atoms with Gasteiger partial charge in [-0.15, -0.1) is 23.2 Å². The van der Waals surface area contributed by atoms with E-state index in [9.17, 15) is 26.3 Å². The molecule has 2 unspecified atom stereocenters. The molecule has 0 aromatic heterocycles. The average molecular weight is 295 g/mol. The van der Waals surface area contributed by atoms with Crippen molar-refractivity contribution in [1.29, 1.82) is 0 Å². The van der Waals surface area contributed by atoms with E-state index in [0.717, 1.165) is 0 Å². The van der Waals surface area contributed by atoms with Crippen LogP contribution in [0.1, 0.15) is 0 Å². The Morgan fingerprint density at radius 3 is 1.67 bits per heavy atom. The quantitative estimate of drug-likeness (QED) is 0.521. The molecule has 0 amide bonds. The SMILES string of the molecule is FC(F)(F)/C(Cl)=C/C(Cl)C(Cl)C(F)(F)F. The van der Waals surface area contributed by atoms with Crippen molar-refractivity contribution in [3.8, 4) is 0 Å². The normalized spacial score (nSPS) is 18.9. The van der Waals surface area contributed by atoms with Crippen molar-refractivity contribution in [3.05, 3.63) is 11.1 Å². The van der Waals surface area contributed by atoms with Gasteiger partial charge in [-0.1, -0.05) is 11.6 Å². The Labute approximate surface area is 95.8 Å². The highest BCUT2D eigenvalue weighted by Crippen LogP contribution is 2.34. The van der Waals surface area contributed by atoms with E-state index in [1.54, 1.807) is 0 Å². The van der Waals surface area contributed by atoms with Crippen LogP contribution in [-0.2, 0) is 0 Å². The summed E-state index contributed by atoms with van der Waals surface area (Å²) in [6, 6.07) is 0. The molecule has 0 aliphatic rings. The minimum absolute atomic E-state index is 0.00820. The van der Waals surface area contributed by atoms with E-state index < -0.39 is 28.1 Å². The summed E-state index contributed by atoms with van der Waals surface area (Å²) in [5.74, 6) is 0. The molecule has 0 spiro atoms. The lowest BCUT2D eigenvalue weighted by Crippen LogP contribution is -2.31. The second-order valence-electron chi connectivity index (χ2n) is 2.40. The lowest BCUT2D eigenvalue weighted by atomic mass is 10.2. The Morgan fingerprint density at radius 1 is 1.00 bits per heavy atom. The number of hydrogen-bond donors (Lipinski definition) is 0. The average Bonchev–Trinajstić information content (AvgIpc) is 1.99. The Hall–Kier alpha value is 0.190. The topological polar surface area (TPSA) is 0 Å². The molecule has 0 heterocycles. The molecule has 0 aromatic rings. The van der Waals surface area contributed by atoms with Crippen molar-refractivity contribution < 1.29 is 26.3 Å². The van der Waals surface area contributed by atoms with Crippen LogP contribution < -0.4 is 0 Å². The summed E-state index contributed by atoms with van der Waals surface area (Å²) in [7, 11) is 0. The standard InChI is InChI=1S/C6H3Cl3F6/c7-2(4(9)6(13,14)15)1-3(8)5(10,11)12/h1-2,4H/b3-1-. The number of halogens is 9. The van der Waals surface area contributed by atoms with Crippen molar-refractivity contribution in [2.45, 2.75) is 23.1 Å². The fraction of sp³-hybridized carbons (Fsp3) is 0.667. The van der Waals surface area contributed by atoms with E-state index in [-0.39, 0.29) is 6.08 Å². The van der Waals surface area contributed by atoms with E-state index in [4.69, 9.17) is 23.2 Å². The Kier molecular flexibility index (Phi) is 5.08. The second kappa shape index (κ2) is 5.01. The number of rotatable bonds is 2. The van der Waals surface area contributed by atoms with Gasteiger partial charge in [0.05, 0.1) is 5.38 Å². The highest BCUT2D eigenvalue weighted by molar-refractivity contribution is 6.34. The van der Waals surface area contributed by atoms with Gasteiger partial charge in [-0.25, -0.2) is 0 Å². The predicted molar refractivity (Wildman–Crippen MR) is 45.3 cm³/mol. The van der Waals surface area contributed by atoms with Crippen molar-refractivity contribution in [3.63, 3.8) is 0 Å². The van der Waals surface area contributed by atoms with Gasteiger partial charge in [0.1, 0.15) is 10.4 Å². The Bertz CT molecular complexity index is 242. The van der Waals surface area contributed by atoms with Crippen LogP contribution in [-0.4, -0.2) is 23.1 Å². The Morgan fingerprint density at radius 2 is 1.40 bits per heavy atom. The molecule has 0 saturated carbocycles. The smallest absolute Gasteiger partial charge is 0.169 e. The van der Waals surface area contributed by atoms with Crippen molar-refractivity contribution >= 4 is 34.8 Å². The van der Waals surface area contributed by atoms with E-state index in [1.165, 1.54) is 0 Å². The first kappa shape index (κ1) is 15.2. The molecule has 0 bridgehead atoms. The summed E-state index contributed by atoms with van der Waals surface area (Å²) in [5, 5.41) is -6.45. The zero-order valence-corrected chi connectivity index (χ0v) is 8.90. The number of alkyl halides is 8. The van der Waals surface area contributed by atoms with Crippen molar-refractivity contribution in [2.75, 3.05) is 0 Å². The summed E-state index contributed by atoms with van der Waals surface area (Å²) in [6.07, 6.45) is -9.82. The summed E-state index contributed by atoms with van der Waals surface area (Å²) in [5.41, 5.74) is 0. The summed E-state index contributed by atoms with van der Waals surface area (Å²) in [4.78, 5) is 0. The van der Waals surface area contributed by atoms with Gasteiger partial charge in [-0.05, 0) is 6.08 Å². The van der Waals surface area contributed by atoms with Gasteiger partial charge in [-0.3, -0.25) is 0 Å². The highest BCUT2D eigenvalue weighted by Gasteiger charge is 2.43. The third-order valence-electron chi connectivity index (χ3n) is 1.17. The zero-order valence-electron chi connectivity index (χ0n) is 6.63. The zero-order chi connectivity index (χ0) is 12.4. The molecule has 0 nitrogen and oxygen atoms in total. The van der Waals surface area contributed by atoms with Crippen LogP contribution in [0.15, 0.2) is 11.1 Å². The predicted octanol–water partition coefficient (Wildman–Crippen LogP) is 4.45. The molecule has 9 heteroatoms. The van der Waals surface area contributed by atoms with Gasteiger partial charge in [0.25, 0.3) is 0 Å². The van der Waals surface area contributed by atoms with Gasteiger partial charge < -0.3 is 0 Å². The summed E-state index contributed by atoms with van der Waals surface area (Å²) >= 11 is 14.4. The third kappa shape index (κ3) is 5.17. The van der Waals surface area contributed by atoms with Crippen molar-refractivity contribution in [1.82, 2.24) is 0 Å². The van der Waals surface area contributed by atoms with Crippen LogP contribution in [0.25, 0.3) is 0 Å². The van der Waals surface area contributed by atoms with E-state index in [1.807, 2.05) is 0 Å². The minimum atomic E-state index is -4.93. The van der Waals surface area contributed by atoms with Gasteiger partial charge >= 0.3 is 12.4 Å². The Balaban J connectivity index is 4.69. The van der Waals surface area contributed by atoms with E-state index in [2.05, 4.69) is 11.6 Å². The lowest BCUT2D eigenvalue weighted by molar-refractivity contribution is -0.129. The second-order valence-corrected chi connectivity index (χ2v) is 3.78. The molecule has 15 heavy (non-hydrogen) atoms. The maximum atomic E-state index is 11.9. The fourth-order valence-electron chi connectivity index (χ4n) is 0.499. The summed E-state index contributed by atoms with van der Waals surface area (Å²) < 4.78 is 71.0. The van der Waals surface area contributed by atoms with Gasteiger partial charge in [0, 0.05) is 0 Å². The molecular weight excluding hydrogens is 292 g/mol. The van der Waals surface area contributed by atoms with Crippen LogP contribution in [0, 0.1) is 0 Å². The molecular formula is C6H3Cl3F6. The van der Waals surface area contributed by atoms with Crippen LogP contribution in [0.4, 0.5) is 26.3 Å². The van der Waals surface area contributed by atoms with Gasteiger partial charge in [-0.2, -0.15) is 26.3 Å². The van der Waals surface area contributed by atoms with E-state index in [0.29, 0.717) is 0 Å². The number of allylic oxidation sites excluding steroid dienone is 2. The molecule has 0 saturated heterocycles. The molecule has 0 radical (unpaired) electrons. The molecule has 0 aromatic carbocycles. The van der Waals surface area contributed by atoms with Gasteiger partial charge in [0.15, 0.2) is 0 Å². The molecule has 90 valence electrons. The van der Waals surface area contributed by atoms with Crippen molar-refractivity contribution in [2.24, 2.45) is 0 Å². The first-order valence-corrected chi connectivity index (χ1v) is 4.50. The third-order valence-corrected chi connectivity index (χ3v) is 2.53. The molecule has 0 rings (SSSR count). The van der Waals surface area contributed by atoms with E-state index >= 15 is 0 Å². The first-order valence-electron chi connectivity index (χ1n) is 3.25. The maximum absolute atomic E-state index is 11.9. The summed E-state index contributed by atoms with van der Waals surface area (Å²) in [6.45, 7) is 0. The lowest BCUT2D eigenvalue weighted by Gasteiger charge is -2.17. The van der Waals surface area contributed by atoms with Crippen LogP contribution >= 0.6 is 34.8 Å². The molecule has 0 aliphatic carbocycles. The molecule has 0 aliphatic heterocycles. The molecule has 0 fully saturated rings. The minimum Gasteiger partial charge on any atom is -0.169 e. The van der Waals surface area contributed by atoms with Gasteiger partial charge in [0.2, 0.25) is 0 Å². The fourth-order valence-corrected chi connectivity index (χ4v) is 1.04.